The van der Waals surface area contributed by atoms with E-state index in [4.69, 9.17) is 29.3 Å². The number of carbonyl (C=O) groups is 2. The number of morpholine rings is 1. The molecule has 4 aliphatic rings. The van der Waals surface area contributed by atoms with Gasteiger partial charge in [-0.15, -0.1) is 0 Å². The lowest BCUT2D eigenvalue weighted by molar-refractivity contribution is -0.193. The molecule has 0 amide bonds. The topological polar surface area (TPSA) is 99.5 Å². The number of hydrogen-bond acceptors (Lipinski definition) is 6. The van der Waals surface area contributed by atoms with Crippen molar-refractivity contribution in [1.82, 2.24) is 9.80 Å². The van der Waals surface area contributed by atoms with Crippen molar-refractivity contribution in [1.29, 1.82) is 0 Å². The summed E-state index contributed by atoms with van der Waals surface area (Å²) in [5.74, 6) is -4.52. The van der Waals surface area contributed by atoms with E-state index < -0.39 is 24.3 Å². The number of aliphatic carboxylic acids is 2. The highest BCUT2D eigenvalue weighted by molar-refractivity contribution is 5.73. The molecule has 0 spiro atoms. The Balaban J connectivity index is 0.000000230. The van der Waals surface area contributed by atoms with Crippen molar-refractivity contribution < 1.29 is 55.6 Å². The van der Waals surface area contributed by atoms with Crippen LogP contribution in [0, 0.1) is 5.92 Å². The second-order valence-electron chi connectivity index (χ2n) is 8.37. The number of nitrogens with zero attached hydrogens (tertiary/aromatic N) is 2. The molecule has 33 heavy (non-hydrogen) atoms. The summed E-state index contributed by atoms with van der Waals surface area (Å²) in [6.07, 6.45) is -3.83. The van der Waals surface area contributed by atoms with Crippen LogP contribution in [-0.4, -0.2) is 108 Å². The number of carboxylic acids is 2. The van der Waals surface area contributed by atoms with Crippen LogP contribution in [0.25, 0.3) is 0 Å². The first-order valence-corrected chi connectivity index (χ1v) is 10.6. The molecule has 0 aromatic carbocycles. The molecule has 1 saturated carbocycles. The van der Waals surface area contributed by atoms with Crippen LogP contribution in [0.15, 0.2) is 0 Å². The van der Waals surface area contributed by atoms with Gasteiger partial charge in [0.1, 0.15) is 0 Å². The Morgan fingerprint density at radius 1 is 0.848 bits per heavy atom. The molecule has 3 aliphatic heterocycles. The van der Waals surface area contributed by atoms with Crippen molar-refractivity contribution in [3.63, 3.8) is 0 Å². The van der Waals surface area contributed by atoms with Gasteiger partial charge >= 0.3 is 24.3 Å². The number of hydrogen-bond donors (Lipinski definition) is 2. The van der Waals surface area contributed by atoms with Crippen LogP contribution >= 0.6 is 0 Å². The third-order valence-corrected chi connectivity index (χ3v) is 5.65. The molecule has 4 fully saturated rings. The van der Waals surface area contributed by atoms with Gasteiger partial charge in [-0.3, -0.25) is 9.80 Å². The van der Waals surface area contributed by atoms with Crippen molar-refractivity contribution in [3.8, 4) is 0 Å². The molecular formula is C19H28F6N2O6. The number of likely N-dealkylation sites (tertiary alicyclic amines) is 1. The maximum Gasteiger partial charge on any atom is 0.490 e. The number of halogens is 6. The van der Waals surface area contributed by atoms with E-state index >= 15 is 0 Å². The highest BCUT2D eigenvalue weighted by Gasteiger charge is 2.42. The van der Waals surface area contributed by atoms with E-state index in [1.54, 1.807) is 0 Å². The molecule has 0 bridgehead atoms. The summed E-state index contributed by atoms with van der Waals surface area (Å²) in [6, 6.07) is 0.622. The van der Waals surface area contributed by atoms with Gasteiger partial charge in [-0.05, 0) is 31.6 Å². The molecule has 8 nitrogen and oxygen atoms in total. The fourth-order valence-electron chi connectivity index (χ4n) is 3.93. The van der Waals surface area contributed by atoms with E-state index in [0.29, 0.717) is 18.2 Å². The molecule has 192 valence electrons. The van der Waals surface area contributed by atoms with Crippen molar-refractivity contribution in [2.75, 3.05) is 45.9 Å². The summed E-state index contributed by atoms with van der Waals surface area (Å²) >= 11 is 0. The van der Waals surface area contributed by atoms with E-state index in [-0.39, 0.29) is 0 Å². The predicted molar refractivity (Wildman–Crippen MR) is 101 cm³/mol. The van der Waals surface area contributed by atoms with E-state index in [2.05, 4.69) is 9.80 Å². The van der Waals surface area contributed by atoms with Crippen LogP contribution < -0.4 is 0 Å². The first kappa shape index (κ1) is 27.6. The molecule has 3 heterocycles. The zero-order valence-electron chi connectivity index (χ0n) is 17.8. The summed E-state index contributed by atoms with van der Waals surface area (Å²) in [4.78, 5) is 23.1. The monoisotopic (exact) mass is 494 g/mol. The molecule has 4 rings (SSSR count). The Hall–Kier alpha value is -1.64. The Bertz CT molecular complexity index is 628. The smallest absolute Gasteiger partial charge is 0.475 e. The van der Waals surface area contributed by atoms with Gasteiger partial charge in [0.25, 0.3) is 0 Å². The minimum absolute atomic E-state index is 0.453. The number of ether oxygens (including phenoxy) is 2. The highest BCUT2D eigenvalue weighted by Crippen LogP contribution is 2.32. The largest absolute Gasteiger partial charge is 0.490 e. The second kappa shape index (κ2) is 11.7. The fourth-order valence-corrected chi connectivity index (χ4v) is 3.93. The van der Waals surface area contributed by atoms with E-state index in [0.717, 1.165) is 38.8 Å². The Kier molecular flexibility index (Phi) is 9.76. The Morgan fingerprint density at radius 3 is 1.88 bits per heavy atom. The minimum atomic E-state index is -5.08. The molecule has 2 N–H and O–H groups in total. The second-order valence-corrected chi connectivity index (χ2v) is 8.37. The third-order valence-electron chi connectivity index (χ3n) is 5.65. The summed E-state index contributed by atoms with van der Waals surface area (Å²) in [5.41, 5.74) is 0. The van der Waals surface area contributed by atoms with Gasteiger partial charge in [0.15, 0.2) is 0 Å². The predicted octanol–water partition coefficient (Wildman–Crippen LogP) is 2.23. The summed E-state index contributed by atoms with van der Waals surface area (Å²) in [7, 11) is 0. The quantitative estimate of drug-likeness (QED) is 0.575. The van der Waals surface area contributed by atoms with Gasteiger partial charge in [0.05, 0.1) is 18.8 Å². The maximum atomic E-state index is 10.6. The van der Waals surface area contributed by atoms with Gasteiger partial charge in [-0.2, -0.15) is 26.3 Å². The molecule has 0 aromatic heterocycles. The van der Waals surface area contributed by atoms with Gasteiger partial charge < -0.3 is 19.7 Å². The van der Waals surface area contributed by atoms with Crippen LogP contribution in [0.2, 0.25) is 0 Å². The zero-order valence-corrected chi connectivity index (χ0v) is 17.8. The van der Waals surface area contributed by atoms with Crippen LogP contribution in [0.1, 0.15) is 25.7 Å². The van der Waals surface area contributed by atoms with Crippen LogP contribution in [-0.2, 0) is 19.1 Å². The molecular weight excluding hydrogens is 466 g/mol. The van der Waals surface area contributed by atoms with Crippen molar-refractivity contribution in [3.05, 3.63) is 0 Å². The third kappa shape index (κ3) is 9.63. The average Bonchev–Trinajstić information content (AvgIpc) is 3.18. The van der Waals surface area contributed by atoms with E-state index in [9.17, 15) is 26.3 Å². The lowest BCUT2D eigenvalue weighted by atomic mass is 10.1. The van der Waals surface area contributed by atoms with Gasteiger partial charge in [0.2, 0.25) is 0 Å². The van der Waals surface area contributed by atoms with Gasteiger partial charge in [-0.25, -0.2) is 9.59 Å². The standard InChI is InChI=1S/C15H26N2O2.2C2HF3O2/c1-2-13(18-6-1)9-17-5-7-19-15-11-16(10-14(15)17)8-12-3-4-12;2*3-2(4,5)1(6)7/h12-15H,1-11H2;2*(H,6,7)/t13?,14-,15+;;/m1../s1. The highest BCUT2D eigenvalue weighted by atomic mass is 19.4. The van der Waals surface area contributed by atoms with Crippen LogP contribution in [0.3, 0.4) is 0 Å². The molecule has 1 unspecified atom stereocenters. The normalized spacial score (nSPS) is 28.2. The van der Waals surface area contributed by atoms with Gasteiger partial charge in [-0.1, -0.05) is 0 Å². The van der Waals surface area contributed by atoms with Crippen LogP contribution in [0.4, 0.5) is 26.3 Å². The molecule has 0 aromatic rings. The molecule has 3 saturated heterocycles. The lowest BCUT2D eigenvalue weighted by Gasteiger charge is -2.38. The van der Waals surface area contributed by atoms with Crippen molar-refractivity contribution >= 4 is 11.9 Å². The average molecular weight is 494 g/mol. The summed E-state index contributed by atoms with van der Waals surface area (Å²) < 4.78 is 75.3. The molecule has 1 aliphatic carbocycles. The Morgan fingerprint density at radius 2 is 1.42 bits per heavy atom. The minimum Gasteiger partial charge on any atom is -0.475 e. The number of fused-ring (bicyclic) bond motifs is 1. The van der Waals surface area contributed by atoms with Crippen molar-refractivity contribution in [2.24, 2.45) is 5.92 Å². The maximum absolute atomic E-state index is 10.6. The number of carboxylic acid groups (broad SMARTS) is 2. The fraction of sp³-hybridized carbons (Fsp3) is 0.895. The van der Waals surface area contributed by atoms with E-state index in [1.807, 2.05) is 0 Å². The zero-order chi connectivity index (χ0) is 24.8. The first-order valence-electron chi connectivity index (χ1n) is 10.6. The molecule has 14 heteroatoms. The van der Waals surface area contributed by atoms with Crippen molar-refractivity contribution in [2.45, 2.75) is 56.3 Å². The first-order chi connectivity index (χ1) is 15.3. The number of rotatable bonds is 4. The summed E-state index contributed by atoms with van der Waals surface area (Å²) in [6.45, 7) is 7.78. The number of alkyl halides is 6. The summed E-state index contributed by atoms with van der Waals surface area (Å²) in [5, 5.41) is 14.2. The van der Waals surface area contributed by atoms with Gasteiger partial charge in [0, 0.05) is 45.4 Å². The molecule has 0 radical (unpaired) electrons. The van der Waals surface area contributed by atoms with E-state index in [1.165, 1.54) is 38.8 Å². The lowest BCUT2D eigenvalue weighted by Crippen LogP contribution is -2.52. The van der Waals surface area contributed by atoms with Crippen LogP contribution in [0.5, 0.6) is 0 Å². The molecule has 3 atom stereocenters. The SMILES string of the molecule is C1COC(CN2CCO[C@H]3CN(CC4CC4)C[C@H]32)C1.O=C(O)C(F)(F)F.O=C(O)C(F)(F)F. The Labute approximate surface area is 186 Å².